The number of nitrogens with zero attached hydrogens (tertiary/aromatic N) is 4. The molecule has 0 aliphatic rings. The Morgan fingerprint density at radius 2 is 1.73 bits per heavy atom. The van der Waals surface area contributed by atoms with Crippen LogP contribution in [-0.4, -0.2) is 19.7 Å². The summed E-state index contributed by atoms with van der Waals surface area (Å²) in [4.78, 5) is 8.85. The van der Waals surface area contributed by atoms with Crippen molar-refractivity contribution >= 4 is 16.9 Å². The Morgan fingerprint density at radius 1 is 0.923 bits per heavy atom. The number of aromatic nitrogens is 4. The zero-order chi connectivity index (χ0) is 18.1. The molecule has 2 heterocycles. The molecule has 26 heavy (non-hydrogen) atoms. The number of aryl methyl sites for hydroxylation is 3. The van der Waals surface area contributed by atoms with Crippen LogP contribution in [0.3, 0.4) is 0 Å². The highest BCUT2D eigenvalue weighted by Gasteiger charge is 2.11. The van der Waals surface area contributed by atoms with E-state index in [1.165, 1.54) is 22.3 Å². The quantitative estimate of drug-likeness (QED) is 0.598. The van der Waals surface area contributed by atoms with Crippen LogP contribution in [0.15, 0.2) is 55.0 Å². The van der Waals surface area contributed by atoms with Crippen LogP contribution in [0.1, 0.15) is 22.3 Å². The standard InChI is InChI=1S/C21H21N5/c1-14-4-7-17(8-5-14)11-22-20-19-12-25-26(21(19)24-13-23-20)18-9-6-15(2)16(3)10-18/h4-10,12-13H,11H2,1-3H3,(H,22,23,24). The summed E-state index contributed by atoms with van der Waals surface area (Å²) in [5, 5.41) is 8.86. The highest BCUT2D eigenvalue weighted by molar-refractivity contribution is 5.87. The molecule has 2 aromatic heterocycles. The molecular formula is C21H21N5. The van der Waals surface area contributed by atoms with Gasteiger partial charge in [0.1, 0.15) is 12.1 Å². The number of rotatable bonds is 4. The van der Waals surface area contributed by atoms with Gasteiger partial charge in [-0.05, 0) is 49.6 Å². The number of anilines is 1. The van der Waals surface area contributed by atoms with E-state index in [1.54, 1.807) is 6.33 Å². The van der Waals surface area contributed by atoms with Crippen molar-refractivity contribution in [1.29, 1.82) is 0 Å². The zero-order valence-corrected chi connectivity index (χ0v) is 15.2. The number of fused-ring (bicyclic) bond motifs is 1. The van der Waals surface area contributed by atoms with E-state index in [1.807, 2.05) is 10.9 Å². The SMILES string of the molecule is Cc1ccc(CNc2ncnc3c2cnn3-c2ccc(C)c(C)c2)cc1. The molecule has 0 unspecified atom stereocenters. The van der Waals surface area contributed by atoms with E-state index in [0.29, 0.717) is 6.54 Å². The minimum Gasteiger partial charge on any atom is -0.365 e. The van der Waals surface area contributed by atoms with Gasteiger partial charge < -0.3 is 5.32 Å². The zero-order valence-electron chi connectivity index (χ0n) is 15.2. The first kappa shape index (κ1) is 16.3. The van der Waals surface area contributed by atoms with Crippen molar-refractivity contribution in [2.75, 3.05) is 5.32 Å². The second kappa shape index (κ2) is 6.59. The van der Waals surface area contributed by atoms with Gasteiger partial charge in [0.15, 0.2) is 5.65 Å². The molecule has 5 nitrogen and oxygen atoms in total. The van der Waals surface area contributed by atoms with Crippen molar-refractivity contribution in [3.8, 4) is 5.69 Å². The molecule has 0 aliphatic heterocycles. The van der Waals surface area contributed by atoms with E-state index < -0.39 is 0 Å². The summed E-state index contributed by atoms with van der Waals surface area (Å²) in [7, 11) is 0. The molecule has 0 saturated carbocycles. The van der Waals surface area contributed by atoms with E-state index in [2.05, 4.69) is 83.6 Å². The largest absolute Gasteiger partial charge is 0.365 e. The Hall–Kier alpha value is -3.21. The van der Waals surface area contributed by atoms with Gasteiger partial charge in [-0.2, -0.15) is 5.10 Å². The minimum absolute atomic E-state index is 0.710. The van der Waals surface area contributed by atoms with Crippen molar-refractivity contribution in [2.45, 2.75) is 27.3 Å². The fourth-order valence-corrected chi connectivity index (χ4v) is 2.92. The summed E-state index contributed by atoms with van der Waals surface area (Å²) in [5.41, 5.74) is 6.77. The molecule has 130 valence electrons. The molecule has 1 N–H and O–H groups in total. The van der Waals surface area contributed by atoms with E-state index in [9.17, 15) is 0 Å². The fourth-order valence-electron chi connectivity index (χ4n) is 2.92. The van der Waals surface area contributed by atoms with Crippen molar-refractivity contribution in [2.24, 2.45) is 0 Å². The average molecular weight is 343 g/mol. The molecule has 0 bridgehead atoms. The molecule has 0 fully saturated rings. The second-order valence-corrected chi connectivity index (χ2v) is 6.62. The normalized spacial score (nSPS) is 11.0. The third-order valence-electron chi connectivity index (χ3n) is 4.68. The lowest BCUT2D eigenvalue weighted by Crippen LogP contribution is -2.03. The topological polar surface area (TPSA) is 55.6 Å². The summed E-state index contributed by atoms with van der Waals surface area (Å²) < 4.78 is 1.86. The van der Waals surface area contributed by atoms with Gasteiger partial charge in [-0.25, -0.2) is 14.6 Å². The Kier molecular flexibility index (Phi) is 4.13. The van der Waals surface area contributed by atoms with Crippen LogP contribution in [0, 0.1) is 20.8 Å². The first-order chi connectivity index (χ1) is 12.6. The number of hydrogen-bond acceptors (Lipinski definition) is 4. The highest BCUT2D eigenvalue weighted by Crippen LogP contribution is 2.23. The Morgan fingerprint density at radius 3 is 2.50 bits per heavy atom. The monoisotopic (exact) mass is 343 g/mol. The third kappa shape index (κ3) is 3.04. The molecule has 0 spiro atoms. The van der Waals surface area contributed by atoms with E-state index in [0.717, 1.165) is 22.5 Å². The van der Waals surface area contributed by atoms with Crippen molar-refractivity contribution in [3.63, 3.8) is 0 Å². The minimum atomic E-state index is 0.710. The summed E-state index contributed by atoms with van der Waals surface area (Å²) >= 11 is 0. The molecule has 0 amide bonds. The lowest BCUT2D eigenvalue weighted by Gasteiger charge is -2.08. The van der Waals surface area contributed by atoms with Crippen LogP contribution in [0.25, 0.3) is 16.7 Å². The first-order valence-corrected chi connectivity index (χ1v) is 8.67. The van der Waals surface area contributed by atoms with Gasteiger partial charge in [-0.3, -0.25) is 0 Å². The third-order valence-corrected chi connectivity index (χ3v) is 4.68. The highest BCUT2D eigenvalue weighted by atomic mass is 15.3. The predicted octanol–water partition coefficient (Wildman–Crippen LogP) is 4.35. The summed E-state index contributed by atoms with van der Waals surface area (Å²) in [6.45, 7) is 7.01. The maximum Gasteiger partial charge on any atom is 0.168 e. The van der Waals surface area contributed by atoms with Crippen LogP contribution in [0.2, 0.25) is 0 Å². The van der Waals surface area contributed by atoms with Crippen LogP contribution in [-0.2, 0) is 6.54 Å². The lowest BCUT2D eigenvalue weighted by molar-refractivity contribution is 0.892. The van der Waals surface area contributed by atoms with Crippen molar-refractivity contribution in [3.05, 3.63) is 77.2 Å². The molecule has 0 aliphatic carbocycles. The molecule has 0 saturated heterocycles. The van der Waals surface area contributed by atoms with E-state index in [4.69, 9.17) is 0 Å². The molecule has 4 rings (SSSR count). The Labute approximate surface area is 152 Å². The van der Waals surface area contributed by atoms with Gasteiger partial charge in [-0.1, -0.05) is 35.9 Å². The molecule has 4 aromatic rings. The number of benzene rings is 2. The van der Waals surface area contributed by atoms with Crippen LogP contribution < -0.4 is 5.32 Å². The molecular weight excluding hydrogens is 322 g/mol. The smallest absolute Gasteiger partial charge is 0.168 e. The van der Waals surface area contributed by atoms with Crippen LogP contribution in [0.5, 0.6) is 0 Å². The van der Waals surface area contributed by atoms with Gasteiger partial charge in [0.25, 0.3) is 0 Å². The van der Waals surface area contributed by atoms with Gasteiger partial charge in [0, 0.05) is 6.54 Å². The number of hydrogen-bond donors (Lipinski definition) is 1. The maximum absolute atomic E-state index is 4.54. The van der Waals surface area contributed by atoms with Gasteiger partial charge in [0.05, 0.1) is 17.3 Å². The fraction of sp³-hybridized carbons (Fsp3) is 0.190. The molecule has 2 aromatic carbocycles. The van der Waals surface area contributed by atoms with Gasteiger partial charge in [0.2, 0.25) is 0 Å². The Bertz CT molecular complexity index is 1060. The summed E-state index contributed by atoms with van der Waals surface area (Å²) in [6.07, 6.45) is 3.40. The molecule has 0 radical (unpaired) electrons. The van der Waals surface area contributed by atoms with E-state index >= 15 is 0 Å². The Balaban J connectivity index is 1.66. The maximum atomic E-state index is 4.54. The van der Waals surface area contributed by atoms with Crippen LogP contribution >= 0.6 is 0 Å². The molecule has 5 heteroatoms. The average Bonchev–Trinajstić information content (AvgIpc) is 3.08. The van der Waals surface area contributed by atoms with E-state index in [-0.39, 0.29) is 0 Å². The van der Waals surface area contributed by atoms with Gasteiger partial charge >= 0.3 is 0 Å². The number of nitrogens with one attached hydrogen (secondary N) is 1. The van der Waals surface area contributed by atoms with Crippen molar-refractivity contribution < 1.29 is 0 Å². The first-order valence-electron chi connectivity index (χ1n) is 8.67. The summed E-state index contributed by atoms with van der Waals surface area (Å²) in [6, 6.07) is 14.8. The van der Waals surface area contributed by atoms with Crippen molar-refractivity contribution in [1.82, 2.24) is 19.7 Å². The second-order valence-electron chi connectivity index (χ2n) is 6.62. The summed E-state index contributed by atoms with van der Waals surface area (Å²) in [5.74, 6) is 0.797. The van der Waals surface area contributed by atoms with Crippen LogP contribution in [0.4, 0.5) is 5.82 Å². The van der Waals surface area contributed by atoms with Gasteiger partial charge in [-0.15, -0.1) is 0 Å². The predicted molar refractivity (Wildman–Crippen MR) is 105 cm³/mol. The molecule has 0 atom stereocenters. The lowest BCUT2D eigenvalue weighted by atomic mass is 10.1.